The van der Waals surface area contributed by atoms with E-state index in [4.69, 9.17) is 5.11 Å². The van der Waals surface area contributed by atoms with E-state index in [1.807, 2.05) is 20.8 Å². The molecule has 0 aromatic rings. The van der Waals surface area contributed by atoms with Gasteiger partial charge in [0.25, 0.3) is 0 Å². The zero-order valence-corrected chi connectivity index (χ0v) is 12.2. The molecule has 5 nitrogen and oxygen atoms in total. The summed E-state index contributed by atoms with van der Waals surface area (Å²) in [5, 5.41) is 11.8. The molecule has 1 rings (SSSR count). The predicted octanol–water partition coefficient (Wildman–Crippen LogP) is 0.912. The Kier molecular flexibility index (Phi) is 5.79. The number of carbonyl (C=O) groups is 2. The highest BCUT2D eigenvalue weighted by molar-refractivity contribution is 5.81. The Balaban J connectivity index is 2.21. The fourth-order valence-corrected chi connectivity index (χ4v) is 1.86. The van der Waals surface area contributed by atoms with E-state index in [0.717, 1.165) is 12.8 Å². The first-order valence-electron chi connectivity index (χ1n) is 7.05. The third-order valence-corrected chi connectivity index (χ3v) is 3.18. The number of nitrogens with zero attached hydrogens (tertiary/aromatic N) is 1. The Morgan fingerprint density at radius 2 is 1.95 bits per heavy atom. The van der Waals surface area contributed by atoms with E-state index in [9.17, 15) is 9.59 Å². The monoisotopic (exact) mass is 270 g/mol. The van der Waals surface area contributed by atoms with Crippen molar-refractivity contribution in [1.29, 1.82) is 0 Å². The van der Waals surface area contributed by atoms with Crippen molar-refractivity contribution in [3.8, 4) is 0 Å². The molecule has 1 fully saturated rings. The number of hydrogen-bond acceptors (Lipinski definition) is 3. The maximum atomic E-state index is 12.0. The minimum atomic E-state index is -0.388. The van der Waals surface area contributed by atoms with Crippen molar-refractivity contribution in [2.45, 2.75) is 52.5 Å². The summed E-state index contributed by atoms with van der Waals surface area (Å²) in [7, 11) is 0. The van der Waals surface area contributed by atoms with Gasteiger partial charge in [0.05, 0.1) is 6.61 Å². The van der Waals surface area contributed by atoms with E-state index in [2.05, 4.69) is 5.32 Å². The number of aliphatic hydroxyl groups excluding tert-OH is 1. The maximum Gasteiger partial charge on any atom is 0.225 e. The number of hydrogen-bond donors (Lipinski definition) is 2. The van der Waals surface area contributed by atoms with Gasteiger partial charge in [0.15, 0.2) is 0 Å². The Bertz CT molecular complexity index is 319. The lowest BCUT2D eigenvalue weighted by Gasteiger charge is -2.21. The molecule has 0 atom stereocenters. The smallest absolute Gasteiger partial charge is 0.225 e. The molecule has 0 aromatic carbocycles. The molecule has 19 heavy (non-hydrogen) atoms. The van der Waals surface area contributed by atoms with Gasteiger partial charge in [-0.1, -0.05) is 20.8 Å². The highest BCUT2D eigenvalue weighted by Gasteiger charge is 2.31. The minimum absolute atomic E-state index is 0.00866. The van der Waals surface area contributed by atoms with Crippen LogP contribution >= 0.6 is 0 Å². The van der Waals surface area contributed by atoms with Gasteiger partial charge in [-0.3, -0.25) is 9.59 Å². The number of nitrogens with one attached hydrogen (secondary N) is 1. The van der Waals surface area contributed by atoms with Crippen molar-refractivity contribution in [2.24, 2.45) is 5.41 Å². The fourth-order valence-electron chi connectivity index (χ4n) is 1.86. The Hall–Kier alpha value is -1.10. The molecule has 0 spiro atoms. The predicted molar refractivity (Wildman–Crippen MR) is 73.5 cm³/mol. The van der Waals surface area contributed by atoms with Crippen LogP contribution in [0.2, 0.25) is 0 Å². The van der Waals surface area contributed by atoms with Gasteiger partial charge >= 0.3 is 0 Å². The summed E-state index contributed by atoms with van der Waals surface area (Å²) >= 11 is 0. The van der Waals surface area contributed by atoms with Crippen LogP contribution in [0.15, 0.2) is 0 Å². The standard InChI is InChI=1S/C14H26N2O3/c1-14(2,3)13(19)15-8-4-5-12(18)16(9-10-17)11-6-7-11/h11,17H,4-10H2,1-3H3,(H,15,19). The van der Waals surface area contributed by atoms with Crippen LogP contribution in [0.25, 0.3) is 0 Å². The van der Waals surface area contributed by atoms with Crippen molar-refractivity contribution in [3.63, 3.8) is 0 Å². The molecule has 5 heteroatoms. The molecule has 1 aliphatic carbocycles. The lowest BCUT2D eigenvalue weighted by molar-refractivity contribution is -0.133. The lowest BCUT2D eigenvalue weighted by atomic mass is 9.96. The van der Waals surface area contributed by atoms with Crippen LogP contribution in [0.1, 0.15) is 46.5 Å². The zero-order chi connectivity index (χ0) is 14.5. The molecular formula is C14H26N2O3. The van der Waals surface area contributed by atoms with E-state index >= 15 is 0 Å². The molecule has 0 radical (unpaired) electrons. The average molecular weight is 270 g/mol. The summed E-state index contributed by atoms with van der Waals surface area (Å²) in [5.41, 5.74) is -0.388. The Morgan fingerprint density at radius 3 is 2.42 bits per heavy atom. The van der Waals surface area contributed by atoms with Crippen molar-refractivity contribution < 1.29 is 14.7 Å². The first kappa shape index (κ1) is 16.0. The third-order valence-electron chi connectivity index (χ3n) is 3.18. The quantitative estimate of drug-likeness (QED) is 0.676. The molecule has 2 N–H and O–H groups in total. The summed E-state index contributed by atoms with van der Waals surface area (Å²) in [6.45, 7) is 6.57. The highest BCUT2D eigenvalue weighted by atomic mass is 16.3. The molecule has 0 saturated heterocycles. The molecule has 110 valence electrons. The minimum Gasteiger partial charge on any atom is -0.395 e. The van der Waals surface area contributed by atoms with Crippen LogP contribution < -0.4 is 5.32 Å². The summed E-state index contributed by atoms with van der Waals surface area (Å²) in [6.07, 6.45) is 3.18. The maximum absolute atomic E-state index is 12.0. The van der Waals surface area contributed by atoms with E-state index < -0.39 is 0 Å². The molecular weight excluding hydrogens is 244 g/mol. The van der Waals surface area contributed by atoms with E-state index in [1.165, 1.54) is 0 Å². The van der Waals surface area contributed by atoms with Gasteiger partial charge in [-0.15, -0.1) is 0 Å². The second kappa shape index (κ2) is 6.89. The first-order valence-corrected chi connectivity index (χ1v) is 7.05. The molecule has 1 saturated carbocycles. The fraction of sp³-hybridized carbons (Fsp3) is 0.857. The molecule has 1 aliphatic rings. The summed E-state index contributed by atoms with van der Waals surface area (Å²) in [4.78, 5) is 25.4. The second-order valence-corrected chi connectivity index (χ2v) is 6.15. The van der Waals surface area contributed by atoms with E-state index in [1.54, 1.807) is 4.90 Å². The van der Waals surface area contributed by atoms with Gasteiger partial charge in [-0.05, 0) is 19.3 Å². The molecule has 2 amide bonds. The number of amides is 2. The van der Waals surface area contributed by atoms with Crippen molar-refractivity contribution in [1.82, 2.24) is 10.2 Å². The lowest BCUT2D eigenvalue weighted by Crippen LogP contribution is -2.37. The second-order valence-electron chi connectivity index (χ2n) is 6.15. The number of carbonyl (C=O) groups excluding carboxylic acids is 2. The van der Waals surface area contributed by atoms with Crippen LogP contribution in [-0.2, 0) is 9.59 Å². The van der Waals surface area contributed by atoms with Crippen molar-refractivity contribution in [3.05, 3.63) is 0 Å². The van der Waals surface area contributed by atoms with Gasteiger partial charge in [0.2, 0.25) is 11.8 Å². The molecule has 0 heterocycles. The largest absolute Gasteiger partial charge is 0.395 e. The zero-order valence-electron chi connectivity index (χ0n) is 12.2. The van der Waals surface area contributed by atoms with Gasteiger partial charge < -0.3 is 15.3 Å². The van der Waals surface area contributed by atoms with Crippen LogP contribution in [-0.4, -0.2) is 47.6 Å². The summed E-state index contributed by atoms with van der Waals surface area (Å²) in [6, 6.07) is 0.337. The molecule has 0 bridgehead atoms. The topological polar surface area (TPSA) is 69.6 Å². The SMILES string of the molecule is CC(C)(C)C(=O)NCCCC(=O)N(CCO)C1CC1. The van der Waals surface area contributed by atoms with Crippen LogP contribution in [0.3, 0.4) is 0 Å². The van der Waals surface area contributed by atoms with Gasteiger partial charge in [-0.2, -0.15) is 0 Å². The van der Waals surface area contributed by atoms with Crippen LogP contribution in [0.4, 0.5) is 0 Å². The van der Waals surface area contributed by atoms with Crippen molar-refractivity contribution in [2.75, 3.05) is 19.7 Å². The Morgan fingerprint density at radius 1 is 1.32 bits per heavy atom. The molecule has 0 aromatic heterocycles. The van der Waals surface area contributed by atoms with Gasteiger partial charge in [0.1, 0.15) is 0 Å². The van der Waals surface area contributed by atoms with Gasteiger partial charge in [-0.25, -0.2) is 0 Å². The van der Waals surface area contributed by atoms with Crippen LogP contribution in [0, 0.1) is 5.41 Å². The van der Waals surface area contributed by atoms with E-state index in [0.29, 0.717) is 32.0 Å². The van der Waals surface area contributed by atoms with E-state index in [-0.39, 0.29) is 23.8 Å². The van der Waals surface area contributed by atoms with Gasteiger partial charge in [0, 0.05) is 31.0 Å². The normalized spacial score (nSPS) is 15.2. The average Bonchev–Trinajstić information content (AvgIpc) is 3.13. The molecule has 0 aliphatic heterocycles. The number of aliphatic hydroxyl groups is 1. The Labute approximate surface area is 115 Å². The molecule has 0 unspecified atom stereocenters. The summed E-state index contributed by atoms with van der Waals surface area (Å²) in [5.74, 6) is 0.0934. The van der Waals surface area contributed by atoms with Crippen molar-refractivity contribution >= 4 is 11.8 Å². The highest BCUT2D eigenvalue weighted by Crippen LogP contribution is 2.27. The third kappa shape index (κ3) is 5.59. The summed E-state index contributed by atoms with van der Waals surface area (Å²) < 4.78 is 0. The first-order chi connectivity index (χ1) is 8.86. The number of rotatable bonds is 7. The van der Waals surface area contributed by atoms with Crippen LogP contribution in [0.5, 0.6) is 0 Å².